The Morgan fingerprint density at radius 2 is 1.48 bits per heavy atom. The first-order chi connectivity index (χ1) is 18.4. The van der Waals surface area contributed by atoms with E-state index in [4.69, 9.17) is 5.73 Å². The first kappa shape index (κ1) is 33.0. The summed E-state index contributed by atoms with van der Waals surface area (Å²) in [5, 5.41) is 3.37. The van der Waals surface area contributed by atoms with Crippen LogP contribution < -0.4 is 11.1 Å². The Balaban J connectivity index is 0.000000394. The molecule has 1 aliphatic carbocycles. The molecule has 3 aromatic carbocycles. The number of ketones is 2. The highest BCUT2D eigenvalue weighted by Gasteiger charge is 2.33. The van der Waals surface area contributed by atoms with E-state index in [9.17, 15) is 22.6 Å². The quantitative estimate of drug-likeness (QED) is 0.124. The number of anilines is 2. The fourth-order valence-corrected chi connectivity index (χ4v) is 5.43. The second kappa shape index (κ2) is 13.9. The molecule has 40 heavy (non-hydrogen) atoms. The largest absolute Gasteiger partial charge is 0.744 e. The van der Waals surface area contributed by atoms with Gasteiger partial charge in [-0.2, -0.15) is 11.8 Å². The topological polar surface area (TPSA) is 129 Å². The van der Waals surface area contributed by atoms with Crippen molar-refractivity contribution in [3.8, 4) is 0 Å². The van der Waals surface area contributed by atoms with Crippen molar-refractivity contribution in [1.82, 2.24) is 0 Å². The van der Waals surface area contributed by atoms with Gasteiger partial charge in [0.1, 0.15) is 10.1 Å². The van der Waals surface area contributed by atoms with E-state index in [1.165, 1.54) is 12.1 Å². The number of nitrogen functional groups attached to an aromatic ring is 1. The number of hydrogen-bond acceptors (Lipinski definition) is 8. The highest BCUT2D eigenvalue weighted by Crippen LogP contribution is 2.35. The minimum atomic E-state index is -4.27. The van der Waals surface area contributed by atoms with E-state index in [0.717, 1.165) is 41.9 Å². The lowest BCUT2D eigenvalue weighted by molar-refractivity contribution is -0.887. The number of hydrogen-bond donors (Lipinski definition) is 2. The number of nitrogens with one attached hydrogen (secondary N) is 1. The highest BCUT2D eigenvalue weighted by molar-refractivity contribution is 7.98. The second-order valence-corrected chi connectivity index (χ2v) is 12.4. The molecular weight excluding hydrogens is 546 g/mol. The summed E-state index contributed by atoms with van der Waals surface area (Å²) >= 11 is 1.86. The number of carbonyl (C=O) groups excluding carboxylic acids is 2. The molecule has 0 saturated carbocycles. The molecule has 0 aliphatic heterocycles. The molecule has 0 radical (unpaired) electrons. The Labute approximate surface area is 242 Å². The Bertz CT molecular complexity index is 1450. The van der Waals surface area contributed by atoms with Crippen LogP contribution >= 0.6 is 11.8 Å². The lowest BCUT2D eigenvalue weighted by atomic mass is 9.82. The first-order valence-electron chi connectivity index (χ1n) is 12.5. The molecule has 0 bridgehead atoms. The molecule has 10 heteroatoms. The number of nitrogens with zero attached hydrogens (tertiary/aromatic N) is 1. The molecule has 1 aliphatic rings. The van der Waals surface area contributed by atoms with Crippen LogP contribution in [0, 0.1) is 6.92 Å². The van der Waals surface area contributed by atoms with Gasteiger partial charge in [0.15, 0.2) is 11.6 Å². The van der Waals surface area contributed by atoms with Crippen LogP contribution in [0.3, 0.4) is 0 Å². The van der Waals surface area contributed by atoms with Gasteiger partial charge in [0.25, 0.3) is 0 Å². The molecule has 0 spiro atoms. The van der Waals surface area contributed by atoms with Crippen molar-refractivity contribution in [2.45, 2.75) is 25.7 Å². The summed E-state index contributed by atoms with van der Waals surface area (Å²) in [5.41, 5.74) is 9.64. The standard InChI is InChI=1S/C22H27N3O2S.C7H8O3S.CH4/c1-25(2,13-14-28-3)12-6-11-24-18-10-9-17(23)19-20(18)22(27)16-8-5-4-7-15(16)21(19)26;1-6-2-4-7(5-3-6)11(8,9)10;/h4-5,7-10H,6,11-14H2,1-3H3,(H2-,23,24,26,27);2-5H,1H3,(H,8,9,10);1H4. The number of aryl methyl sites for hydroxylation is 1. The van der Waals surface area contributed by atoms with Crippen molar-refractivity contribution >= 4 is 44.8 Å². The van der Waals surface area contributed by atoms with Crippen LogP contribution in [0.2, 0.25) is 0 Å². The monoisotopic (exact) mass is 585 g/mol. The zero-order valence-electron chi connectivity index (χ0n) is 22.7. The van der Waals surface area contributed by atoms with Crippen molar-refractivity contribution in [3.63, 3.8) is 0 Å². The summed E-state index contributed by atoms with van der Waals surface area (Å²) in [6.07, 6.45) is 3.10. The molecule has 0 fully saturated rings. The maximum absolute atomic E-state index is 13.1. The van der Waals surface area contributed by atoms with Crippen LogP contribution in [0.1, 0.15) is 51.3 Å². The molecule has 4 rings (SSSR count). The third-order valence-electron chi connectivity index (χ3n) is 6.57. The zero-order valence-corrected chi connectivity index (χ0v) is 24.3. The molecule has 216 valence electrons. The molecule has 0 amide bonds. The highest BCUT2D eigenvalue weighted by atomic mass is 32.2. The van der Waals surface area contributed by atoms with E-state index in [0.29, 0.717) is 33.6 Å². The van der Waals surface area contributed by atoms with Gasteiger partial charge >= 0.3 is 0 Å². The first-order valence-corrected chi connectivity index (χ1v) is 15.3. The number of carbonyl (C=O) groups is 2. The minimum absolute atomic E-state index is 0. The van der Waals surface area contributed by atoms with Crippen molar-refractivity contribution in [1.29, 1.82) is 0 Å². The van der Waals surface area contributed by atoms with Gasteiger partial charge in [-0.05, 0) is 37.4 Å². The van der Waals surface area contributed by atoms with Crippen molar-refractivity contribution in [3.05, 3.63) is 88.5 Å². The average Bonchev–Trinajstić information content (AvgIpc) is 2.89. The van der Waals surface area contributed by atoms with Gasteiger partial charge in [0.2, 0.25) is 0 Å². The number of quaternary nitrogens is 1. The summed E-state index contributed by atoms with van der Waals surface area (Å²) in [6.45, 7) is 4.73. The fourth-order valence-electron chi connectivity index (χ4n) is 4.28. The Kier molecular flexibility index (Phi) is 11.5. The van der Waals surface area contributed by atoms with Gasteiger partial charge < -0.3 is 20.1 Å². The Morgan fingerprint density at radius 1 is 0.900 bits per heavy atom. The predicted octanol–water partition coefficient (Wildman–Crippen LogP) is 4.82. The maximum atomic E-state index is 13.1. The molecular formula is C30H39N3O5S2. The number of rotatable bonds is 9. The van der Waals surface area contributed by atoms with Gasteiger partial charge in [-0.3, -0.25) is 9.59 Å². The molecule has 0 unspecified atom stereocenters. The van der Waals surface area contributed by atoms with Gasteiger partial charge in [0, 0.05) is 41.2 Å². The maximum Gasteiger partial charge on any atom is 0.196 e. The van der Waals surface area contributed by atoms with E-state index in [-0.39, 0.29) is 23.9 Å². The van der Waals surface area contributed by atoms with Crippen molar-refractivity contribution in [2.75, 3.05) is 56.8 Å². The summed E-state index contributed by atoms with van der Waals surface area (Å²) in [7, 11) is 0.203. The van der Waals surface area contributed by atoms with E-state index in [1.54, 1.807) is 48.5 Å². The van der Waals surface area contributed by atoms with Gasteiger partial charge in [-0.25, -0.2) is 8.42 Å². The molecule has 3 N–H and O–H groups in total. The van der Waals surface area contributed by atoms with Crippen LogP contribution in [0.15, 0.2) is 65.6 Å². The molecule has 0 saturated heterocycles. The van der Waals surface area contributed by atoms with Crippen molar-refractivity contribution in [2.24, 2.45) is 0 Å². The van der Waals surface area contributed by atoms with Crippen molar-refractivity contribution < 1.29 is 27.0 Å². The molecule has 3 aromatic rings. The fraction of sp³-hybridized carbons (Fsp3) is 0.333. The van der Waals surface area contributed by atoms with Gasteiger partial charge in [-0.1, -0.05) is 49.4 Å². The molecule has 0 aromatic heterocycles. The summed E-state index contributed by atoms with van der Waals surface area (Å²) in [4.78, 5) is 25.8. The zero-order chi connectivity index (χ0) is 28.8. The third-order valence-corrected chi connectivity index (χ3v) is 8.01. The Hall–Kier alpha value is -3.18. The number of fused-ring (bicyclic) bond motifs is 2. The predicted molar refractivity (Wildman–Crippen MR) is 163 cm³/mol. The van der Waals surface area contributed by atoms with Gasteiger partial charge in [-0.15, -0.1) is 0 Å². The molecule has 0 heterocycles. The lowest BCUT2D eigenvalue weighted by Gasteiger charge is -2.29. The lowest BCUT2D eigenvalue weighted by Crippen LogP contribution is -2.42. The van der Waals surface area contributed by atoms with Crippen LogP contribution in [0.25, 0.3) is 0 Å². The Morgan fingerprint density at radius 3 is 2.02 bits per heavy atom. The number of nitrogens with two attached hydrogens (primary N) is 1. The van der Waals surface area contributed by atoms with E-state index in [2.05, 4.69) is 25.7 Å². The van der Waals surface area contributed by atoms with Crippen LogP contribution in [-0.2, 0) is 10.1 Å². The van der Waals surface area contributed by atoms with E-state index < -0.39 is 10.1 Å². The minimum Gasteiger partial charge on any atom is -0.744 e. The van der Waals surface area contributed by atoms with E-state index >= 15 is 0 Å². The van der Waals surface area contributed by atoms with Crippen LogP contribution in [0.5, 0.6) is 0 Å². The normalized spacial score (nSPS) is 12.4. The number of benzene rings is 3. The summed E-state index contributed by atoms with van der Waals surface area (Å²) in [5.74, 6) is 0.819. The second-order valence-electron chi connectivity index (χ2n) is 10.1. The van der Waals surface area contributed by atoms with E-state index in [1.807, 2.05) is 18.7 Å². The average molecular weight is 586 g/mol. The summed E-state index contributed by atoms with van der Waals surface area (Å²) in [6, 6.07) is 16.2. The molecule has 0 atom stereocenters. The van der Waals surface area contributed by atoms with Gasteiger partial charge in [0.05, 0.1) is 43.2 Å². The van der Waals surface area contributed by atoms with Crippen LogP contribution in [-0.4, -0.2) is 74.8 Å². The third kappa shape index (κ3) is 8.17. The van der Waals surface area contributed by atoms with Crippen LogP contribution in [0.4, 0.5) is 11.4 Å². The number of thioether (sulfide) groups is 1. The smallest absolute Gasteiger partial charge is 0.196 e. The summed E-state index contributed by atoms with van der Waals surface area (Å²) < 4.78 is 32.1. The molecule has 8 nitrogen and oxygen atoms in total. The SMILES string of the molecule is C.CSCC[N+](C)(C)CCCNc1ccc(N)c2c1C(=O)c1ccccc1C2=O.Cc1ccc(S(=O)(=O)[O-])cc1.